The molecule has 0 unspecified atom stereocenters. The zero-order valence-electron chi connectivity index (χ0n) is 13.1. The predicted molar refractivity (Wildman–Crippen MR) is 95.5 cm³/mol. The second kappa shape index (κ2) is 8.13. The molecular weight excluding hydrogens is 316 g/mol. The summed E-state index contributed by atoms with van der Waals surface area (Å²) in [6.07, 6.45) is 1.29. The minimum absolute atomic E-state index is 0.0162. The molecule has 1 aromatic rings. The Morgan fingerprint density at radius 2 is 1.95 bits per heavy atom. The molecule has 0 bridgehead atoms. The molecule has 122 valence electrons. The molecule has 1 aliphatic heterocycles. The van der Waals surface area contributed by atoms with Crippen LogP contribution in [-0.4, -0.2) is 36.1 Å². The van der Waals surface area contributed by atoms with Gasteiger partial charge in [0.25, 0.3) is 5.91 Å². The number of amides is 1. The highest BCUT2D eigenvalue weighted by molar-refractivity contribution is 8.16. The number of carbonyl (C=O) groups is 1. The van der Waals surface area contributed by atoms with Crippen LogP contribution in [-0.2, 0) is 4.79 Å². The van der Waals surface area contributed by atoms with Crippen molar-refractivity contribution in [1.29, 1.82) is 0 Å². The van der Waals surface area contributed by atoms with Crippen molar-refractivity contribution < 1.29 is 9.53 Å². The van der Waals surface area contributed by atoms with Crippen LogP contribution in [0.4, 0.5) is 0 Å². The molecule has 0 saturated carbocycles. The maximum atomic E-state index is 11.7. The molecule has 1 aromatic carbocycles. The largest absolute Gasteiger partial charge is 0.484 e. The van der Waals surface area contributed by atoms with Crippen LogP contribution >= 0.6 is 23.5 Å². The molecule has 1 saturated heterocycles. The van der Waals surface area contributed by atoms with Crippen molar-refractivity contribution in [3.63, 3.8) is 0 Å². The van der Waals surface area contributed by atoms with Gasteiger partial charge in [-0.05, 0) is 49.5 Å². The molecule has 1 amide bonds. The molecule has 0 aromatic heterocycles. The highest BCUT2D eigenvalue weighted by Gasteiger charge is 2.16. The lowest BCUT2D eigenvalue weighted by Crippen LogP contribution is -2.46. The summed E-state index contributed by atoms with van der Waals surface area (Å²) in [4.78, 5) is 11.7. The van der Waals surface area contributed by atoms with Gasteiger partial charge in [-0.25, -0.2) is 0 Å². The van der Waals surface area contributed by atoms with E-state index >= 15 is 0 Å². The quantitative estimate of drug-likeness (QED) is 0.834. The Morgan fingerprint density at radius 3 is 2.55 bits per heavy atom. The Kier molecular flexibility index (Phi) is 6.47. The minimum Gasteiger partial charge on any atom is -0.484 e. The van der Waals surface area contributed by atoms with E-state index in [1.54, 1.807) is 0 Å². The lowest BCUT2D eigenvalue weighted by molar-refractivity contribution is -0.123. The average molecular weight is 341 g/mol. The van der Waals surface area contributed by atoms with Crippen molar-refractivity contribution in [2.75, 3.05) is 24.7 Å². The van der Waals surface area contributed by atoms with E-state index < -0.39 is 5.54 Å². The van der Waals surface area contributed by atoms with E-state index in [4.69, 9.17) is 10.5 Å². The normalized spacial score (nSPS) is 16.3. The van der Waals surface area contributed by atoms with Crippen LogP contribution in [0.2, 0.25) is 0 Å². The van der Waals surface area contributed by atoms with Gasteiger partial charge in [-0.1, -0.05) is 12.1 Å². The maximum Gasteiger partial charge on any atom is 0.258 e. The van der Waals surface area contributed by atoms with Gasteiger partial charge in [-0.2, -0.15) is 0 Å². The number of benzene rings is 1. The van der Waals surface area contributed by atoms with Gasteiger partial charge in [0, 0.05) is 12.1 Å². The third-order valence-electron chi connectivity index (χ3n) is 3.09. The highest BCUT2D eigenvalue weighted by Crippen LogP contribution is 2.43. The molecule has 2 rings (SSSR count). The van der Waals surface area contributed by atoms with Gasteiger partial charge in [-0.3, -0.25) is 4.79 Å². The summed E-state index contributed by atoms with van der Waals surface area (Å²) in [5.74, 6) is 3.03. The van der Waals surface area contributed by atoms with Gasteiger partial charge in [0.2, 0.25) is 0 Å². The summed E-state index contributed by atoms with van der Waals surface area (Å²) < 4.78 is 6.03. The molecule has 3 N–H and O–H groups in total. The molecule has 0 radical (unpaired) electrons. The van der Waals surface area contributed by atoms with Crippen LogP contribution in [0.3, 0.4) is 0 Å². The first kappa shape index (κ1) is 17.5. The van der Waals surface area contributed by atoms with Gasteiger partial charge < -0.3 is 15.8 Å². The van der Waals surface area contributed by atoms with Crippen LogP contribution in [0.15, 0.2) is 24.3 Å². The molecule has 1 aliphatic rings. The lowest BCUT2D eigenvalue weighted by Gasteiger charge is -2.21. The van der Waals surface area contributed by atoms with Crippen molar-refractivity contribution in [1.82, 2.24) is 5.32 Å². The van der Waals surface area contributed by atoms with Crippen molar-refractivity contribution in [2.24, 2.45) is 5.73 Å². The van der Waals surface area contributed by atoms with E-state index in [1.165, 1.54) is 23.5 Å². The first-order chi connectivity index (χ1) is 10.4. The topological polar surface area (TPSA) is 64.3 Å². The van der Waals surface area contributed by atoms with Crippen LogP contribution in [0, 0.1) is 0 Å². The number of hydrogen-bond donors (Lipinski definition) is 2. The zero-order chi connectivity index (χ0) is 16.0. The minimum atomic E-state index is -0.410. The molecule has 4 nitrogen and oxygen atoms in total. The molecule has 1 heterocycles. The van der Waals surface area contributed by atoms with Crippen LogP contribution in [0.1, 0.15) is 30.4 Å². The van der Waals surface area contributed by atoms with Crippen LogP contribution in [0.5, 0.6) is 5.75 Å². The lowest BCUT2D eigenvalue weighted by atomic mass is 10.1. The van der Waals surface area contributed by atoms with E-state index in [0.717, 1.165) is 5.75 Å². The summed E-state index contributed by atoms with van der Waals surface area (Å²) in [7, 11) is 0. The monoisotopic (exact) mass is 340 g/mol. The number of nitrogens with two attached hydrogens (primary N) is 1. The fourth-order valence-electron chi connectivity index (χ4n) is 1.93. The standard InChI is InChI=1S/C16H24N2O2S2/c1-16(2,17)11-18-14(19)10-20-13-6-4-12(5-7-13)15-21-8-3-9-22-15/h4-7,15H,3,8-11,17H2,1-2H3,(H,18,19). The van der Waals surface area contributed by atoms with E-state index in [0.29, 0.717) is 11.1 Å². The summed E-state index contributed by atoms with van der Waals surface area (Å²) in [5, 5.41) is 2.76. The van der Waals surface area contributed by atoms with Crippen molar-refractivity contribution in [3.05, 3.63) is 29.8 Å². The van der Waals surface area contributed by atoms with Gasteiger partial charge in [0.05, 0.1) is 4.58 Å². The number of ether oxygens (including phenoxy) is 1. The summed E-state index contributed by atoms with van der Waals surface area (Å²) >= 11 is 3.99. The third-order valence-corrected chi connectivity index (χ3v) is 6.11. The Balaban J connectivity index is 1.77. The maximum absolute atomic E-state index is 11.7. The molecule has 0 spiro atoms. The summed E-state index contributed by atoms with van der Waals surface area (Å²) in [6.45, 7) is 4.19. The second-order valence-corrected chi connectivity index (χ2v) is 8.77. The number of hydrogen-bond acceptors (Lipinski definition) is 5. The number of carbonyl (C=O) groups excluding carboxylic acids is 1. The number of thioether (sulfide) groups is 2. The van der Waals surface area contributed by atoms with Crippen molar-refractivity contribution in [2.45, 2.75) is 30.4 Å². The smallest absolute Gasteiger partial charge is 0.258 e. The average Bonchev–Trinajstić information content (AvgIpc) is 2.51. The summed E-state index contributed by atoms with van der Waals surface area (Å²) in [6, 6.07) is 8.05. The Hall–Kier alpha value is -0.850. The fourth-order valence-corrected chi connectivity index (χ4v) is 4.82. The Labute approximate surface area is 140 Å². The molecule has 0 aliphatic carbocycles. The summed E-state index contributed by atoms with van der Waals surface area (Å²) in [5.41, 5.74) is 6.73. The van der Waals surface area contributed by atoms with Crippen molar-refractivity contribution in [3.8, 4) is 5.75 Å². The van der Waals surface area contributed by atoms with E-state index in [-0.39, 0.29) is 12.5 Å². The predicted octanol–water partition coefficient (Wildman–Crippen LogP) is 2.79. The molecular formula is C16H24N2O2S2. The first-order valence-corrected chi connectivity index (χ1v) is 9.55. The van der Waals surface area contributed by atoms with E-state index in [1.807, 2.05) is 49.5 Å². The van der Waals surface area contributed by atoms with Gasteiger partial charge in [0.1, 0.15) is 5.75 Å². The number of nitrogens with one attached hydrogen (secondary N) is 1. The van der Waals surface area contributed by atoms with Crippen LogP contribution < -0.4 is 15.8 Å². The zero-order valence-corrected chi connectivity index (χ0v) is 14.8. The molecule has 1 fully saturated rings. The van der Waals surface area contributed by atoms with Gasteiger partial charge in [0.15, 0.2) is 6.61 Å². The van der Waals surface area contributed by atoms with E-state index in [9.17, 15) is 4.79 Å². The molecule has 0 atom stereocenters. The molecule has 6 heteroatoms. The van der Waals surface area contributed by atoms with Crippen LogP contribution in [0.25, 0.3) is 0 Å². The van der Waals surface area contributed by atoms with E-state index in [2.05, 4.69) is 17.4 Å². The second-order valence-electron chi connectivity index (χ2n) is 6.05. The SMILES string of the molecule is CC(C)(N)CNC(=O)COc1ccc(C2SCCCS2)cc1. The number of rotatable bonds is 6. The van der Waals surface area contributed by atoms with Gasteiger partial charge in [-0.15, -0.1) is 23.5 Å². The third kappa shape index (κ3) is 6.10. The van der Waals surface area contributed by atoms with Crippen molar-refractivity contribution >= 4 is 29.4 Å². The Morgan fingerprint density at radius 1 is 1.32 bits per heavy atom. The highest BCUT2D eigenvalue weighted by atomic mass is 32.2. The molecule has 22 heavy (non-hydrogen) atoms. The van der Waals surface area contributed by atoms with Gasteiger partial charge >= 0.3 is 0 Å². The Bertz CT molecular complexity index is 480. The first-order valence-electron chi connectivity index (χ1n) is 7.46. The fraction of sp³-hybridized carbons (Fsp3) is 0.562.